The second-order valence-corrected chi connectivity index (χ2v) is 5.67. The molecule has 20 heavy (non-hydrogen) atoms. The summed E-state index contributed by atoms with van der Waals surface area (Å²) in [6, 6.07) is 0.512. The number of hydrogen-bond donors (Lipinski definition) is 2. The van der Waals surface area contributed by atoms with E-state index in [2.05, 4.69) is 29.2 Å². The van der Waals surface area contributed by atoms with Crippen molar-refractivity contribution in [1.29, 1.82) is 0 Å². The van der Waals surface area contributed by atoms with Gasteiger partial charge < -0.3 is 11.1 Å². The summed E-state index contributed by atoms with van der Waals surface area (Å²) < 4.78 is 1.93. The zero-order valence-electron chi connectivity index (χ0n) is 12.6. The molecule has 2 heterocycles. The molecule has 0 aromatic carbocycles. The van der Waals surface area contributed by atoms with Gasteiger partial charge in [-0.05, 0) is 26.7 Å². The number of nitrogens with zero attached hydrogens (tertiary/aromatic N) is 3. The van der Waals surface area contributed by atoms with Crippen LogP contribution in [0.4, 0.5) is 0 Å². The fraction of sp³-hybridized carbons (Fsp3) is 0.714. The van der Waals surface area contributed by atoms with Gasteiger partial charge in [0.25, 0.3) is 0 Å². The van der Waals surface area contributed by atoms with Gasteiger partial charge in [0.15, 0.2) is 0 Å². The first-order chi connectivity index (χ1) is 9.47. The van der Waals surface area contributed by atoms with E-state index in [0.717, 1.165) is 38.2 Å². The topological polar surface area (TPSA) is 76.2 Å². The highest BCUT2D eigenvalue weighted by atomic mass is 16.1. The molecule has 0 unspecified atom stereocenters. The van der Waals surface area contributed by atoms with Crippen LogP contribution in [0.1, 0.15) is 29.8 Å². The molecule has 1 aliphatic rings. The maximum Gasteiger partial charge on any atom is 0.231 e. The molecule has 1 aliphatic heterocycles. The van der Waals surface area contributed by atoms with Gasteiger partial charge in [-0.3, -0.25) is 14.4 Å². The lowest BCUT2D eigenvalue weighted by molar-refractivity contribution is -0.119. The average Bonchev–Trinajstić information content (AvgIpc) is 2.62. The molecule has 0 spiro atoms. The number of hydrogen-bond acceptors (Lipinski definition) is 4. The number of likely N-dealkylation sites (tertiary alicyclic amines) is 1. The Hall–Kier alpha value is -1.40. The van der Waals surface area contributed by atoms with E-state index in [1.807, 2.05) is 11.7 Å². The van der Waals surface area contributed by atoms with Crippen LogP contribution < -0.4 is 11.1 Å². The first-order valence-electron chi connectivity index (χ1n) is 7.20. The SMILES string of the molecule is Cc1nn(C)c(C)c1CNC1CCN(CC(N)=O)CC1. The maximum absolute atomic E-state index is 10.9. The normalized spacial score (nSPS) is 17.6. The van der Waals surface area contributed by atoms with Crippen molar-refractivity contribution in [2.24, 2.45) is 12.8 Å². The van der Waals surface area contributed by atoms with Gasteiger partial charge in [0.05, 0.1) is 12.2 Å². The Labute approximate surface area is 120 Å². The molecule has 0 radical (unpaired) electrons. The Morgan fingerprint density at radius 3 is 2.55 bits per heavy atom. The fourth-order valence-corrected chi connectivity index (χ4v) is 2.84. The van der Waals surface area contributed by atoms with Crippen molar-refractivity contribution in [2.75, 3.05) is 19.6 Å². The highest BCUT2D eigenvalue weighted by molar-refractivity contribution is 5.75. The Morgan fingerprint density at radius 2 is 2.05 bits per heavy atom. The van der Waals surface area contributed by atoms with Crippen LogP contribution in [0.5, 0.6) is 0 Å². The molecule has 1 fully saturated rings. The number of aryl methyl sites for hydroxylation is 2. The van der Waals surface area contributed by atoms with E-state index in [-0.39, 0.29) is 5.91 Å². The van der Waals surface area contributed by atoms with Crippen LogP contribution in [0.3, 0.4) is 0 Å². The van der Waals surface area contributed by atoms with Crippen molar-refractivity contribution >= 4 is 5.91 Å². The molecule has 0 bridgehead atoms. The summed E-state index contributed by atoms with van der Waals surface area (Å²) in [6.45, 7) is 7.28. The molecule has 1 amide bonds. The lowest BCUT2D eigenvalue weighted by atomic mass is 10.0. The lowest BCUT2D eigenvalue weighted by Crippen LogP contribution is -2.45. The quantitative estimate of drug-likeness (QED) is 0.800. The van der Waals surface area contributed by atoms with Gasteiger partial charge in [0.1, 0.15) is 0 Å². The van der Waals surface area contributed by atoms with Crippen molar-refractivity contribution in [3.63, 3.8) is 0 Å². The van der Waals surface area contributed by atoms with Crippen molar-refractivity contribution in [3.05, 3.63) is 17.0 Å². The summed E-state index contributed by atoms with van der Waals surface area (Å²) in [4.78, 5) is 13.0. The number of rotatable bonds is 5. The second-order valence-electron chi connectivity index (χ2n) is 5.67. The second kappa shape index (κ2) is 6.37. The van der Waals surface area contributed by atoms with Crippen molar-refractivity contribution in [2.45, 2.75) is 39.3 Å². The van der Waals surface area contributed by atoms with Crippen LogP contribution >= 0.6 is 0 Å². The zero-order valence-corrected chi connectivity index (χ0v) is 12.6. The van der Waals surface area contributed by atoms with E-state index < -0.39 is 0 Å². The molecule has 6 heteroatoms. The van der Waals surface area contributed by atoms with Crippen LogP contribution in [0.2, 0.25) is 0 Å². The first kappa shape index (κ1) is 15.0. The largest absolute Gasteiger partial charge is 0.369 e. The molecular weight excluding hydrogens is 254 g/mol. The number of aromatic nitrogens is 2. The number of carbonyl (C=O) groups excluding carboxylic acids is 1. The van der Waals surface area contributed by atoms with Crippen molar-refractivity contribution in [1.82, 2.24) is 20.0 Å². The summed E-state index contributed by atoms with van der Waals surface area (Å²) in [5, 5.41) is 8.05. The van der Waals surface area contributed by atoms with E-state index in [1.165, 1.54) is 11.3 Å². The Kier molecular flexibility index (Phi) is 4.77. The van der Waals surface area contributed by atoms with Crippen molar-refractivity contribution < 1.29 is 4.79 Å². The van der Waals surface area contributed by atoms with E-state index in [4.69, 9.17) is 5.73 Å². The van der Waals surface area contributed by atoms with Crippen LogP contribution in [0.15, 0.2) is 0 Å². The Balaban J connectivity index is 1.80. The summed E-state index contributed by atoms with van der Waals surface area (Å²) >= 11 is 0. The van der Waals surface area contributed by atoms with Crippen molar-refractivity contribution in [3.8, 4) is 0 Å². The first-order valence-corrected chi connectivity index (χ1v) is 7.20. The smallest absolute Gasteiger partial charge is 0.231 e. The van der Waals surface area contributed by atoms with E-state index >= 15 is 0 Å². The molecule has 6 nitrogen and oxygen atoms in total. The molecule has 1 aromatic rings. The molecule has 2 rings (SSSR count). The summed E-state index contributed by atoms with van der Waals surface area (Å²) in [7, 11) is 1.98. The number of nitrogens with one attached hydrogen (secondary N) is 1. The molecule has 112 valence electrons. The van der Waals surface area contributed by atoms with Gasteiger partial charge in [-0.1, -0.05) is 0 Å². The highest BCUT2D eigenvalue weighted by Crippen LogP contribution is 2.14. The standard InChI is InChI=1S/C14H25N5O/c1-10-13(11(2)18(3)17-10)8-16-12-4-6-19(7-5-12)9-14(15)20/h12,16H,4-9H2,1-3H3,(H2,15,20). The van der Waals surface area contributed by atoms with Gasteiger partial charge in [-0.25, -0.2) is 0 Å². The van der Waals surface area contributed by atoms with Gasteiger partial charge in [0, 0.05) is 44.0 Å². The fourth-order valence-electron chi connectivity index (χ4n) is 2.84. The number of primary amides is 1. The van der Waals surface area contributed by atoms with Gasteiger partial charge in [-0.15, -0.1) is 0 Å². The van der Waals surface area contributed by atoms with Crippen LogP contribution in [0, 0.1) is 13.8 Å². The average molecular weight is 279 g/mol. The number of amides is 1. The van der Waals surface area contributed by atoms with E-state index in [0.29, 0.717) is 12.6 Å². The molecular formula is C14H25N5O. The monoisotopic (exact) mass is 279 g/mol. The predicted octanol–water partition coefficient (Wildman–Crippen LogP) is 0.0762. The Bertz CT molecular complexity index is 474. The maximum atomic E-state index is 10.9. The molecule has 0 saturated carbocycles. The minimum absolute atomic E-state index is 0.238. The number of carbonyl (C=O) groups is 1. The minimum atomic E-state index is -0.238. The highest BCUT2D eigenvalue weighted by Gasteiger charge is 2.20. The van der Waals surface area contributed by atoms with Gasteiger partial charge in [0.2, 0.25) is 5.91 Å². The lowest BCUT2D eigenvalue weighted by Gasteiger charge is -2.31. The van der Waals surface area contributed by atoms with Crippen LogP contribution in [-0.4, -0.2) is 46.3 Å². The summed E-state index contributed by atoms with van der Waals surface area (Å²) in [5.41, 5.74) is 8.84. The number of nitrogens with two attached hydrogens (primary N) is 1. The summed E-state index contributed by atoms with van der Waals surface area (Å²) in [6.07, 6.45) is 2.12. The summed E-state index contributed by atoms with van der Waals surface area (Å²) in [5.74, 6) is -0.238. The minimum Gasteiger partial charge on any atom is -0.369 e. The van der Waals surface area contributed by atoms with Crippen LogP contribution in [-0.2, 0) is 18.4 Å². The third-order valence-electron chi connectivity index (χ3n) is 4.19. The zero-order chi connectivity index (χ0) is 14.7. The van der Waals surface area contributed by atoms with Gasteiger partial charge in [-0.2, -0.15) is 5.10 Å². The predicted molar refractivity (Wildman–Crippen MR) is 78.2 cm³/mol. The molecule has 1 saturated heterocycles. The molecule has 0 aliphatic carbocycles. The number of piperidine rings is 1. The van der Waals surface area contributed by atoms with Crippen LogP contribution in [0.25, 0.3) is 0 Å². The molecule has 1 aromatic heterocycles. The third-order valence-corrected chi connectivity index (χ3v) is 4.19. The van der Waals surface area contributed by atoms with E-state index in [9.17, 15) is 4.79 Å². The van der Waals surface area contributed by atoms with Gasteiger partial charge >= 0.3 is 0 Å². The van der Waals surface area contributed by atoms with E-state index in [1.54, 1.807) is 0 Å². The third kappa shape index (κ3) is 3.58. The Morgan fingerprint density at radius 1 is 1.40 bits per heavy atom. The molecule has 0 atom stereocenters. The molecule has 3 N–H and O–H groups in total.